The molecule has 0 bridgehead atoms. The van der Waals surface area contributed by atoms with Gasteiger partial charge in [0.05, 0.1) is 10.5 Å². The molecule has 1 aromatic carbocycles. The van der Waals surface area contributed by atoms with Gasteiger partial charge in [0.2, 0.25) is 5.91 Å². The quantitative estimate of drug-likeness (QED) is 0.570. The van der Waals surface area contributed by atoms with Crippen molar-refractivity contribution in [1.82, 2.24) is 15.1 Å². The zero-order chi connectivity index (χ0) is 20.8. The maximum absolute atomic E-state index is 12.7. The fourth-order valence-corrected chi connectivity index (χ4v) is 4.54. The van der Waals surface area contributed by atoms with E-state index < -0.39 is 14.6 Å². The highest BCUT2D eigenvalue weighted by molar-refractivity contribution is 7.92. The van der Waals surface area contributed by atoms with E-state index in [1.54, 1.807) is 18.7 Å². The Morgan fingerprint density at radius 2 is 1.93 bits per heavy atom. The van der Waals surface area contributed by atoms with Crippen molar-refractivity contribution in [1.29, 1.82) is 0 Å². The summed E-state index contributed by atoms with van der Waals surface area (Å²) < 4.78 is 23.7. The monoisotopic (exact) mass is 408 g/mol. The summed E-state index contributed by atoms with van der Waals surface area (Å²) in [5, 5.41) is 3.19. The van der Waals surface area contributed by atoms with E-state index in [4.69, 9.17) is 0 Å². The molecule has 1 fully saturated rings. The molecule has 0 unspecified atom stereocenters. The van der Waals surface area contributed by atoms with Gasteiger partial charge in [0.1, 0.15) is 6.54 Å². The van der Waals surface area contributed by atoms with Crippen LogP contribution in [-0.4, -0.2) is 73.3 Å². The number of hydrogen-bond acceptors (Lipinski definition) is 4. The molecule has 1 heterocycles. The molecular formula is C20H32N4O3S. The van der Waals surface area contributed by atoms with E-state index in [-0.39, 0.29) is 18.2 Å². The smallest absolute Gasteiger partial charge is 0.244 e. The zero-order valence-electron chi connectivity index (χ0n) is 17.3. The Kier molecular flexibility index (Phi) is 7.46. The Morgan fingerprint density at radius 1 is 1.25 bits per heavy atom. The van der Waals surface area contributed by atoms with Gasteiger partial charge in [0.25, 0.3) is 0 Å². The van der Waals surface area contributed by atoms with Crippen LogP contribution in [0.3, 0.4) is 0 Å². The van der Waals surface area contributed by atoms with Crippen molar-refractivity contribution in [3.05, 3.63) is 35.9 Å². The molecule has 1 saturated heterocycles. The van der Waals surface area contributed by atoms with E-state index in [1.165, 1.54) is 0 Å². The van der Waals surface area contributed by atoms with Crippen LogP contribution in [0, 0.1) is 0 Å². The molecule has 2 rings (SSSR count). The number of sulfone groups is 1. The van der Waals surface area contributed by atoms with Gasteiger partial charge in [-0.25, -0.2) is 13.4 Å². The van der Waals surface area contributed by atoms with Crippen LogP contribution in [0.4, 0.5) is 0 Å². The zero-order valence-corrected chi connectivity index (χ0v) is 18.1. The van der Waals surface area contributed by atoms with E-state index in [9.17, 15) is 13.2 Å². The fraction of sp³-hybridized carbons (Fsp3) is 0.600. The molecule has 156 valence electrons. The molecular weight excluding hydrogens is 376 g/mol. The normalized spacial score (nSPS) is 18.6. The van der Waals surface area contributed by atoms with Crippen LogP contribution in [0.15, 0.2) is 35.3 Å². The molecule has 0 saturated carbocycles. The lowest BCUT2D eigenvalue weighted by Gasteiger charge is -2.39. The lowest BCUT2D eigenvalue weighted by atomic mass is 10.2. The highest BCUT2D eigenvalue weighted by Crippen LogP contribution is 2.23. The lowest BCUT2D eigenvalue weighted by Crippen LogP contribution is -2.57. The average Bonchev–Trinajstić information content (AvgIpc) is 2.66. The first-order chi connectivity index (χ1) is 13.2. The van der Waals surface area contributed by atoms with E-state index in [0.29, 0.717) is 38.7 Å². The Labute approximate surface area is 168 Å². The number of nitrogens with zero attached hydrogens (tertiary/aromatic N) is 3. The van der Waals surface area contributed by atoms with E-state index >= 15 is 0 Å². The minimum atomic E-state index is -3.13. The van der Waals surface area contributed by atoms with Crippen molar-refractivity contribution in [3.8, 4) is 0 Å². The summed E-state index contributed by atoms with van der Waals surface area (Å²) in [5.41, 5.74) is 1.08. The third-order valence-electron chi connectivity index (χ3n) is 4.99. The summed E-state index contributed by atoms with van der Waals surface area (Å²) in [5.74, 6) is 0.633. The number of aliphatic imine (C=N–C) groups is 1. The first-order valence-corrected chi connectivity index (χ1v) is 11.4. The molecule has 0 radical (unpaired) electrons. The summed E-state index contributed by atoms with van der Waals surface area (Å²) in [6.07, 6.45) is 0. The number of hydrogen-bond donors (Lipinski definition) is 1. The van der Waals surface area contributed by atoms with Crippen LogP contribution in [0.25, 0.3) is 0 Å². The second-order valence-corrected chi connectivity index (χ2v) is 10.3. The van der Waals surface area contributed by atoms with Crippen molar-refractivity contribution in [2.45, 2.75) is 39.0 Å². The summed E-state index contributed by atoms with van der Waals surface area (Å²) >= 11 is 0. The minimum absolute atomic E-state index is 0.0344. The average molecular weight is 409 g/mol. The maximum atomic E-state index is 12.7. The van der Waals surface area contributed by atoms with Gasteiger partial charge >= 0.3 is 0 Å². The number of rotatable bonds is 6. The predicted octanol–water partition coefficient (Wildman–Crippen LogP) is 1.51. The highest BCUT2D eigenvalue weighted by Gasteiger charge is 2.41. The van der Waals surface area contributed by atoms with Gasteiger partial charge in [0.15, 0.2) is 15.8 Å². The van der Waals surface area contributed by atoms with Gasteiger partial charge in [-0.2, -0.15) is 0 Å². The van der Waals surface area contributed by atoms with Crippen LogP contribution in [0.1, 0.15) is 33.3 Å². The van der Waals surface area contributed by atoms with Crippen molar-refractivity contribution >= 4 is 21.7 Å². The third-order valence-corrected chi connectivity index (χ3v) is 7.53. The molecule has 1 N–H and O–H groups in total. The number of amides is 1. The molecule has 0 atom stereocenters. The summed E-state index contributed by atoms with van der Waals surface area (Å²) in [7, 11) is -3.13. The fourth-order valence-electron chi connectivity index (χ4n) is 3.17. The van der Waals surface area contributed by atoms with Gasteiger partial charge in [-0.3, -0.25) is 4.79 Å². The van der Waals surface area contributed by atoms with Crippen LogP contribution >= 0.6 is 0 Å². The second-order valence-electron chi connectivity index (χ2n) is 7.56. The number of nitrogens with one attached hydrogen (secondary N) is 1. The SMILES string of the molecule is CCNC(=NCC(=O)N(CC)Cc1ccccc1)N1CCS(=O)(=O)C(C)(C)C1. The minimum Gasteiger partial charge on any atom is -0.357 e. The first-order valence-electron chi connectivity index (χ1n) is 9.77. The number of carbonyl (C=O) groups is 1. The molecule has 1 aromatic rings. The molecule has 0 aromatic heterocycles. The standard InChI is InChI=1S/C20H32N4O3S/c1-5-21-19(24-12-13-28(26,27)20(3,4)16-24)22-14-18(25)23(6-2)15-17-10-8-7-9-11-17/h7-11H,5-6,12-16H2,1-4H3,(H,21,22). The molecule has 0 spiro atoms. The van der Waals surface area contributed by atoms with E-state index in [2.05, 4.69) is 10.3 Å². The van der Waals surface area contributed by atoms with Crippen molar-refractivity contribution in [3.63, 3.8) is 0 Å². The summed E-state index contributed by atoms with van der Waals surface area (Å²) in [6.45, 7) is 9.97. The summed E-state index contributed by atoms with van der Waals surface area (Å²) in [4.78, 5) is 20.9. The molecule has 1 aliphatic heterocycles. The Bertz CT molecular complexity index is 791. The molecule has 8 heteroatoms. The molecule has 0 aliphatic carbocycles. The summed E-state index contributed by atoms with van der Waals surface area (Å²) in [6, 6.07) is 9.87. The Balaban J connectivity index is 2.08. The largest absolute Gasteiger partial charge is 0.357 e. The van der Waals surface area contributed by atoms with Crippen LogP contribution < -0.4 is 5.32 Å². The number of benzene rings is 1. The van der Waals surface area contributed by atoms with Crippen LogP contribution in [-0.2, 0) is 21.2 Å². The van der Waals surface area contributed by atoms with E-state index in [0.717, 1.165) is 5.56 Å². The van der Waals surface area contributed by atoms with Gasteiger partial charge in [0, 0.05) is 32.7 Å². The lowest BCUT2D eigenvalue weighted by molar-refractivity contribution is -0.130. The van der Waals surface area contributed by atoms with Gasteiger partial charge < -0.3 is 15.1 Å². The van der Waals surface area contributed by atoms with Crippen LogP contribution in [0.2, 0.25) is 0 Å². The molecule has 1 amide bonds. The third kappa shape index (κ3) is 5.47. The molecule has 7 nitrogen and oxygen atoms in total. The van der Waals surface area contributed by atoms with Gasteiger partial charge in [-0.05, 0) is 33.3 Å². The molecule has 1 aliphatic rings. The highest BCUT2D eigenvalue weighted by atomic mass is 32.2. The van der Waals surface area contributed by atoms with E-state index in [1.807, 2.05) is 49.1 Å². The Morgan fingerprint density at radius 3 is 2.50 bits per heavy atom. The number of likely N-dealkylation sites (N-methyl/N-ethyl adjacent to an activating group) is 1. The van der Waals surface area contributed by atoms with Crippen molar-refractivity contribution in [2.75, 3.05) is 38.5 Å². The van der Waals surface area contributed by atoms with Crippen molar-refractivity contribution in [2.24, 2.45) is 4.99 Å². The van der Waals surface area contributed by atoms with Gasteiger partial charge in [-0.1, -0.05) is 30.3 Å². The van der Waals surface area contributed by atoms with Crippen molar-refractivity contribution < 1.29 is 13.2 Å². The predicted molar refractivity (Wildman–Crippen MR) is 113 cm³/mol. The topological polar surface area (TPSA) is 82.1 Å². The van der Waals surface area contributed by atoms with Crippen LogP contribution in [0.5, 0.6) is 0 Å². The second kappa shape index (κ2) is 9.41. The maximum Gasteiger partial charge on any atom is 0.244 e. The molecule has 28 heavy (non-hydrogen) atoms. The number of guanidine groups is 1. The first kappa shape index (κ1) is 22.2. The van der Waals surface area contributed by atoms with Gasteiger partial charge in [-0.15, -0.1) is 0 Å². The Hall–Kier alpha value is -2.09. The number of carbonyl (C=O) groups excluding carboxylic acids is 1.